The second kappa shape index (κ2) is 36.5. The monoisotopic (exact) mass is 1780 g/mol. The second-order valence-electron chi connectivity index (χ2n) is 40.6. The van der Waals surface area contributed by atoms with Crippen LogP contribution in [0.15, 0.2) is 438 Å². The standard InChI is InChI=1S/C132H108N6/c1-129(2,3)99-65-69-133-123(79-99)89-53-45-85(46-54-89)103-29-13-17-33-107(103)93-73-94(108-34-18-14-30-104(108)86-47-55-90(56-48-86)124-80-100(66-70-134-124)130(4,5)6)76-97(75-93)111-37-21-23-39-113(111)119-61-63-121(117-43-27-25-41-115(117)119)127-83-128(138-84-137-127)122-64-62-120(116-42-26-28-44-118(116)122)114-40-24-22-38-112(114)98-77-95(109-35-19-15-31-105(109)87-49-57-91(58-50-87)125-81-101(67-71-135-125)131(7,8)9)74-96(78-98)110-36-20-16-32-106(110)88-51-59-92(60-52-88)126-82-102(68-72-136-126)132(10,11)12/h13-84H,1-12H3. The lowest BCUT2D eigenvalue weighted by Gasteiger charge is -2.20. The lowest BCUT2D eigenvalue weighted by atomic mass is 9.85. The molecule has 0 fully saturated rings. The third kappa shape index (κ3) is 17.8. The van der Waals surface area contributed by atoms with Gasteiger partial charge in [-0.2, -0.15) is 0 Å². The first-order valence-electron chi connectivity index (χ1n) is 48.0. The highest BCUT2D eigenvalue weighted by Crippen LogP contribution is 2.50. The van der Waals surface area contributed by atoms with Crippen LogP contribution in [0.25, 0.3) is 223 Å². The van der Waals surface area contributed by atoms with E-state index in [0.717, 1.165) is 223 Å². The molecule has 0 amide bonds. The van der Waals surface area contributed by atoms with Gasteiger partial charge >= 0.3 is 0 Å². The summed E-state index contributed by atoms with van der Waals surface area (Å²) < 4.78 is 0. The number of fused-ring (bicyclic) bond motifs is 2. The van der Waals surface area contributed by atoms with Gasteiger partial charge in [-0.05, 0) is 290 Å². The van der Waals surface area contributed by atoms with Gasteiger partial charge in [0.25, 0.3) is 0 Å². The Morgan fingerprint density at radius 1 is 0.130 bits per heavy atom. The smallest absolute Gasteiger partial charge is 0.116 e. The fraction of sp³-hybridized carbons (Fsp3) is 0.121. The summed E-state index contributed by atoms with van der Waals surface area (Å²) in [6.45, 7) is 27.0. The second-order valence-corrected chi connectivity index (χ2v) is 40.6. The summed E-state index contributed by atoms with van der Waals surface area (Å²) in [7, 11) is 0. The predicted molar refractivity (Wildman–Crippen MR) is 581 cm³/mol. The number of nitrogens with zero attached hydrogens (tertiary/aromatic N) is 6. The molecule has 21 rings (SSSR count). The predicted octanol–water partition coefficient (Wildman–Crippen LogP) is 35.6. The minimum absolute atomic E-state index is 0.00833. The van der Waals surface area contributed by atoms with E-state index in [1.807, 2.05) is 24.8 Å². The van der Waals surface area contributed by atoms with Gasteiger partial charge in [-0.25, -0.2) is 9.97 Å². The van der Waals surface area contributed by atoms with E-state index >= 15 is 0 Å². The van der Waals surface area contributed by atoms with Gasteiger partial charge in [-0.15, -0.1) is 0 Å². The number of rotatable bonds is 18. The maximum Gasteiger partial charge on any atom is 0.116 e. The quantitative estimate of drug-likeness (QED) is 0.0852. The molecule has 16 aromatic carbocycles. The summed E-state index contributed by atoms with van der Waals surface area (Å²) >= 11 is 0. The van der Waals surface area contributed by atoms with Crippen molar-refractivity contribution in [3.63, 3.8) is 0 Å². The molecule has 6 nitrogen and oxygen atoms in total. The molecule has 0 spiro atoms. The van der Waals surface area contributed by atoms with E-state index in [2.05, 4.69) is 490 Å². The molecular formula is C132H108N6. The zero-order chi connectivity index (χ0) is 94.6. The Morgan fingerprint density at radius 3 is 0.536 bits per heavy atom. The summed E-state index contributed by atoms with van der Waals surface area (Å²) in [4.78, 5) is 29.8. The number of benzene rings is 16. The molecule has 5 heterocycles. The van der Waals surface area contributed by atoms with Crippen LogP contribution >= 0.6 is 0 Å². The van der Waals surface area contributed by atoms with E-state index in [0.29, 0.717) is 0 Å². The van der Waals surface area contributed by atoms with Gasteiger partial charge in [-0.3, -0.25) is 19.9 Å². The summed E-state index contributed by atoms with van der Waals surface area (Å²) in [6.07, 6.45) is 9.48. The average molecular weight is 1780 g/mol. The van der Waals surface area contributed by atoms with Crippen molar-refractivity contribution >= 4 is 21.5 Å². The SMILES string of the molecule is CC(C)(C)c1ccnc(-c2ccc(-c3ccccc3-c3cc(-c4ccccc4-c4ccc(-c5cc(C(C)(C)C)ccn5)cc4)cc(-c4ccccc4-c4ccc(-c5cc(-c6ccc(-c7ccccc7-c7cc(-c8ccccc8-c8ccc(-c9cc(C(C)(C)C)ccn9)cc8)cc(-c8ccccc8-c8ccc(-c9cc(C(C)(C)C)ccn9)cc8)c7)c7ccccc67)ncn5)c5ccccc45)c3)cc2)c1. The topological polar surface area (TPSA) is 77.3 Å². The molecule has 0 aliphatic rings. The van der Waals surface area contributed by atoms with Gasteiger partial charge < -0.3 is 0 Å². The van der Waals surface area contributed by atoms with Gasteiger partial charge in [0.15, 0.2) is 0 Å². The summed E-state index contributed by atoms with van der Waals surface area (Å²) in [5.41, 5.74) is 43.8. The van der Waals surface area contributed by atoms with Gasteiger partial charge in [0, 0.05) is 58.2 Å². The third-order valence-electron chi connectivity index (χ3n) is 27.4. The maximum atomic E-state index is 5.17. The minimum atomic E-state index is -0.00833. The summed E-state index contributed by atoms with van der Waals surface area (Å²) in [5, 5.41) is 4.41. The van der Waals surface area contributed by atoms with Gasteiger partial charge in [0.1, 0.15) is 6.33 Å². The zero-order valence-corrected chi connectivity index (χ0v) is 80.3. The highest BCUT2D eigenvalue weighted by Gasteiger charge is 2.26. The molecule has 0 bridgehead atoms. The number of hydrogen-bond donors (Lipinski definition) is 0. The lowest BCUT2D eigenvalue weighted by Crippen LogP contribution is -2.11. The van der Waals surface area contributed by atoms with Crippen LogP contribution in [-0.2, 0) is 21.7 Å². The van der Waals surface area contributed by atoms with Gasteiger partial charge in [0.2, 0.25) is 0 Å². The Balaban J connectivity index is 0.647. The largest absolute Gasteiger partial charge is 0.256 e. The molecule has 0 atom stereocenters. The Morgan fingerprint density at radius 2 is 0.312 bits per heavy atom. The van der Waals surface area contributed by atoms with E-state index in [4.69, 9.17) is 29.9 Å². The Kier molecular flexibility index (Phi) is 23.4. The molecular weight excluding hydrogens is 1670 g/mol. The normalized spacial score (nSPS) is 11.9. The lowest BCUT2D eigenvalue weighted by molar-refractivity contribution is 0.589. The molecule has 0 saturated heterocycles. The minimum Gasteiger partial charge on any atom is -0.256 e. The van der Waals surface area contributed by atoms with Crippen LogP contribution in [0.2, 0.25) is 0 Å². The van der Waals surface area contributed by atoms with Crippen molar-refractivity contribution in [2.45, 2.75) is 105 Å². The highest BCUT2D eigenvalue weighted by molar-refractivity contribution is 6.10. The molecule has 0 saturated carbocycles. The Hall–Kier alpha value is -16.3. The van der Waals surface area contributed by atoms with Gasteiger partial charge in [0.05, 0.1) is 34.2 Å². The van der Waals surface area contributed by atoms with E-state index in [-0.39, 0.29) is 21.7 Å². The van der Waals surface area contributed by atoms with Crippen LogP contribution in [0.1, 0.15) is 105 Å². The fourth-order valence-electron chi connectivity index (χ4n) is 19.7. The zero-order valence-electron chi connectivity index (χ0n) is 80.3. The molecule has 0 radical (unpaired) electrons. The van der Waals surface area contributed by atoms with E-state index in [9.17, 15) is 0 Å². The Bertz CT molecular complexity index is 7390. The van der Waals surface area contributed by atoms with Crippen LogP contribution in [0, 0.1) is 0 Å². The number of aromatic nitrogens is 6. The van der Waals surface area contributed by atoms with Crippen molar-refractivity contribution < 1.29 is 0 Å². The molecule has 0 N–H and O–H groups in total. The molecule has 0 aliphatic carbocycles. The van der Waals surface area contributed by atoms with Crippen molar-refractivity contribution in [1.82, 2.24) is 29.9 Å². The first kappa shape index (κ1) is 88.3. The third-order valence-corrected chi connectivity index (χ3v) is 27.4. The van der Waals surface area contributed by atoms with Crippen molar-refractivity contribution in [2.75, 3.05) is 0 Å². The van der Waals surface area contributed by atoms with Crippen LogP contribution in [0.3, 0.4) is 0 Å². The highest BCUT2D eigenvalue weighted by atomic mass is 14.8. The van der Waals surface area contributed by atoms with E-state index in [1.165, 1.54) is 22.3 Å². The van der Waals surface area contributed by atoms with Crippen molar-refractivity contribution in [2.24, 2.45) is 0 Å². The van der Waals surface area contributed by atoms with Crippen LogP contribution in [0.5, 0.6) is 0 Å². The van der Waals surface area contributed by atoms with Gasteiger partial charge in [-0.1, -0.05) is 399 Å². The van der Waals surface area contributed by atoms with Crippen LogP contribution < -0.4 is 0 Å². The molecule has 21 aromatic rings. The fourth-order valence-corrected chi connectivity index (χ4v) is 19.7. The maximum absolute atomic E-state index is 5.17. The van der Waals surface area contributed by atoms with Crippen molar-refractivity contribution in [3.8, 4) is 201 Å². The molecule has 138 heavy (non-hydrogen) atoms. The first-order chi connectivity index (χ1) is 66.9. The molecule has 666 valence electrons. The average Bonchev–Trinajstić information content (AvgIpc) is 0.753. The number of hydrogen-bond acceptors (Lipinski definition) is 6. The number of pyridine rings is 4. The summed E-state index contributed by atoms with van der Waals surface area (Å²) in [5.74, 6) is 0. The van der Waals surface area contributed by atoms with Crippen molar-refractivity contribution in [1.29, 1.82) is 0 Å². The molecule has 5 aromatic heterocycles. The van der Waals surface area contributed by atoms with E-state index in [1.54, 1.807) is 6.33 Å². The van der Waals surface area contributed by atoms with Crippen LogP contribution in [0.4, 0.5) is 0 Å². The first-order valence-corrected chi connectivity index (χ1v) is 48.0. The summed E-state index contributed by atoms with van der Waals surface area (Å²) in [6, 6.07) is 150. The molecule has 6 heteroatoms. The molecule has 0 aliphatic heterocycles. The Labute approximate surface area is 811 Å². The van der Waals surface area contributed by atoms with Crippen molar-refractivity contribution in [3.05, 3.63) is 460 Å². The van der Waals surface area contributed by atoms with E-state index < -0.39 is 0 Å². The molecule has 0 unspecified atom stereocenters. The van der Waals surface area contributed by atoms with Crippen LogP contribution in [-0.4, -0.2) is 29.9 Å².